The minimum atomic E-state index is -0.241. The average Bonchev–Trinajstić information content (AvgIpc) is 2.64. The van der Waals surface area contributed by atoms with Crippen LogP contribution in [0.2, 0.25) is 0 Å². The monoisotopic (exact) mass is 332 g/mol. The van der Waals surface area contributed by atoms with Crippen LogP contribution in [0.25, 0.3) is 0 Å². The lowest BCUT2D eigenvalue weighted by atomic mass is 10.1. The van der Waals surface area contributed by atoms with Gasteiger partial charge in [0.2, 0.25) is 0 Å². The second kappa shape index (κ2) is 7.57. The van der Waals surface area contributed by atoms with Gasteiger partial charge in [-0.2, -0.15) is 0 Å². The fraction of sp³-hybridized carbons (Fsp3) is 0.150. The van der Waals surface area contributed by atoms with Gasteiger partial charge in [-0.25, -0.2) is 9.97 Å². The summed E-state index contributed by atoms with van der Waals surface area (Å²) in [6.07, 6.45) is 3.05. The van der Waals surface area contributed by atoms with Crippen LogP contribution in [0.3, 0.4) is 0 Å². The Kier molecular flexibility index (Phi) is 5.04. The van der Waals surface area contributed by atoms with Crippen molar-refractivity contribution < 1.29 is 4.79 Å². The van der Waals surface area contributed by atoms with Gasteiger partial charge in [0.1, 0.15) is 11.5 Å². The van der Waals surface area contributed by atoms with Crippen LogP contribution < -0.4 is 10.6 Å². The molecule has 0 saturated carbocycles. The van der Waals surface area contributed by atoms with Gasteiger partial charge in [-0.05, 0) is 36.6 Å². The summed E-state index contributed by atoms with van der Waals surface area (Å²) in [6, 6.07) is 15.9. The van der Waals surface area contributed by atoms with Gasteiger partial charge in [-0.3, -0.25) is 4.79 Å². The van der Waals surface area contributed by atoms with Crippen molar-refractivity contribution in [2.45, 2.75) is 20.4 Å². The Bertz CT molecular complexity index is 861. The van der Waals surface area contributed by atoms with Gasteiger partial charge in [0.15, 0.2) is 0 Å². The molecule has 5 heteroatoms. The molecule has 0 saturated heterocycles. The zero-order valence-corrected chi connectivity index (χ0v) is 14.3. The molecule has 0 unspecified atom stereocenters. The van der Waals surface area contributed by atoms with E-state index in [1.165, 1.54) is 6.20 Å². The number of amides is 1. The Morgan fingerprint density at radius 2 is 1.80 bits per heavy atom. The Morgan fingerprint density at radius 1 is 1.00 bits per heavy atom. The van der Waals surface area contributed by atoms with Crippen LogP contribution in [0.5, 0.6) is 0 Å². The van der Waals surface area contributed by atoms with E-state index in [1.807, 2.05) is 44.2 Å². The van der Waals surface area contributed by atoms with Crippen LogP contribution in [0.4, 0.5) is 11.5 Å². The fourth-order valence-corrected chi connectivity index (χ4v) is 2.39. The summed E-state index contributed by atoms with van der Waals surface area (Å²) in [7, 11) is 0. The molecular formula is C20H20N4O. The zero-order chi connectivity index (χ0) is 17.6. The smallest absolute Gasteiger partial charge is 0.271 e. The first-order valence-corrected chi connectivity index (χ1v) is 8.10. The second-order valence-electron chi connectivity index (χ2n) is 5.90. The maximum atomic E-state index is 12.2. The second-order valence-corrected chi connectivity index (χ2v) is 5.90. The van der Waals surface area contributed by atoms with Crippen LogP contribution in [-0.2, 0) is 6.54 Å². The van der Waals surface area contributed by atoms with E-state index in [1.54, 1.807) is 6.20 Å². The topological polar surface area (TPSA) is 66.9 Å². The van der Waals surface area contributed by atoms with E-state index in [9.17, 15) is 4.79 Å². The third kappa shape index (κ3) is 4.41. The van der Waals surface area contributed by atoms with Crippen LogP contribution in [0.1, 0.15) is 27.2 Å². The number of hydrogen-bond acceptors (Lipinski definition) is 4. The number of aromatic nitrogens is 2. The first-order valence-electron chi connectivity index (χ1n) is 8.10. The zero-order valence-electron chi connectivity index (χ0n) is 14.3. The van der Waals surface area contributed by atoms with Crippen molar-refractivity contribution in [3.8, 4) is 0 Å². The Labute approximate surface area is 147 Å². The van der Waals surface area contributed by atoms with Crippen molar-refractivity contribution in [3.05, 3.63) is 83.3 Å². The number of carbonyl (C=O) groups is 1. The normalized spacial score (nSPS) is 10.3. The van der Waals surface area contributed by atoms with Crippen molar-refractivity contribution in [3.63, 3.8) is 0 Å². The summed E-state index contributed by atoms with van der Waals surface area (Å²) >= 11 is 0. The maximum absolute atomic E-state index is 12.2. The van der Waals surface area contributed by atoms with E-state index in [0.29, 0.717) is 18.1 Å². The number of nitrogens with one attached hydrogen (secondary N) is 2. The summed E-state index contributed by atoms with van der Waals surface area (Å²) in [5, 5.41) is 6.07. The standard InChI is InChI=1S/C20H20N4O/c1-14-8-9-15(2)17(10-14)24-19-13-21-18(12-22-19)20(25)23-11-16-6-4-3-5-7-16/h3-10,12-13H,11H2,1-2H3,(H,22,24)(H,23,25). The minimum absolute atomic E-state index is 0.241. The molecule has 126 valence electrons. The number of aryl methyl sites for hydroxylation is 2. The third-order valence-corrected chi connectivity index (χ3v) is 3.84. The lowest BCUT2D eigenvalue weighted by Gasteiger charge is -2.10. The minimum Gasteiger partial charge on any atom is -0.347 e. The lowest BCUT2D eigenvalue weighted by Crippen LogP contribution is -2.24. The van der Waals surface area contributed by atoms with Gasteiger partial charge >= 0.3 is 0 Å². The molecule has 0 fully saturated rings. The van der Waals surface area contributed by atoms with Gasteiger partial charge in [0, 0.05) is 12.2 Å². The van der Waals surface area contributed by atoms with Gasteiger partial charge in [0.05, 0.1) is 12.4 Å². The number of nitrogens with zero attached hydrogens (tertiary/aromatic N) is 2. The Morgan fingerprint density at radius 3 is 2.52 bits per heavy atom. The Hall–Kier alpha value is -3.21. The first-order chi connectivity index (χ1) is 12.1. The SMILES string of the molecule is Cc1ccc(C)c(Nc2cnc(C(=O)NCc3ccccc3)cn2)c1. The molecule has 1 aromatic heterocycles. The van der Waals surface area contributed by atoms with Crippen molar-refractivity contribution in [2.24, 2.45) is 0 Å². The maximum Gasteiger partial charge on any atom is 0.271 e. The lowest BCUT2D eigenvalue weighted by molar-refractivity contribution is 0.0945. The summed E-state index contributed by atoms with van der Waals surface area (Å²) in [5.74, 6) is 0.364. The molecule has 0 radical (unpaired) electrons. The molecular weight excluding hydrogens is 312 g/mol. The number of rotatable bonds is 5. The largest absolute Gasteiger partial charge is 0.347 e. The molecule has 0 atom stereocenters. The van der Waals surface area contributed by atoms with Gasteiger partial charge in [-0.1, -0.05) is 42.5 Å². The van der Waals surface area contributed by atoms with Crippen molar-refractivity contribution >= 4 is 17.4 Å². The van der Waals surface area contributed by atoms with Crippen LogP contribution in [0.15, 0.2) is 60.9 Å². The number of hydrogen-bond donors (Lipinski definition) is 2. The summed E-state index contributed by atoms with van der Waals surface area (Å²) < 4.78 is 0. The van der Waals surface area contributed by atoms with Gasteiger partial charge in [-0.15, -0.1) is 0 Å². The first kappa shape index (κ1) is 16.6. The van der Waals surface area contributed by atoms with Crippen LogP contribution >= 0.6 is 0 Å². The molecule has 0 spiro atoms. The summed E-state index contributed by atoms with van der Waals surface area (Å²) in [5.41, 5.74) is 4.60. The average molecular weight is 332 g/mol. The van der Waals surface area contributed by atoms with Crippen molar-refractivity contribution in [2.75, 3.05) is 5.32 Å². The molecule has 2 aromatic carbocycles. The quantitative estimate of drug-likeness (QED) is 0.746. The van der Waals surface area contributed by atoms with E-state index in [-0.39, 0.29) is 5.91 Å². The molecule has 25 heavy (non-hydrogen) atoms. The highest BCUT2D eigenvalue weighted by atomic mass is 16.1. The fourth-order valence-electron chi connectivity index (χ4n) is 2.39. The highest BCUT2D eigenvalue weighted by Crippen LogP contribution is 2.20. The van der Waals surface area contributed by atoms with E-state index in [0.717, 1.165) is 22.4 Å². The van der Waals surface area contributed by atoms with E-state index in [2.05, 4.69) is 38.8 Å². The highest BCUT2D eigenvalue weighted by molar-refractivity contribution is 5.92. The molecule has 0 bridgehead atoms. The molecule has 0 aliphatic rings. The van der Waals surface area contributed by atoms with Gasteiger partial charge < -0.3 is 10.6 Å². The third-order valence-electron chi connectivity index (χ3n) is 3.84. The van der Waals surface area contributed by atoms with E-state index < -0.39 is 0 Å². The highest BCUT2D eigenvalue weighted by Gasteiger charge is 2.08. The molecule has 2 N–H and O–H groups in total. The predicted octanol–water partition coefficient (Wildman–Crippen LogP) is 3.77. The number of anilines is 2. The predicted molar refractivity (Wildman–Crippen MR) is 98.8 cm³/mol. The molecule has 3 rings (SSSR count). The Balaban J connectivity index is 1.63. The van der Waals surface area contributed by atoms with Crippen LogP contribution in [-0.4, -0.2) is 15.9 Å². The number of benzene rings is 2. The molecule has 1 heterocycles. The number of carbonyl (C=O) groups excluding carboxylic acids is 1. The van der Waals surface area contributed by atoms with Crippen molar-refractivity contribution in [1.82, 2.24) is 15.3 Å². The molecule has 3 aromatic rings. The van der Waals surface area contributed by atoms with E-state index in [4.69, 9.17) is 0 Å². The summed E-state index contributed by atoms with van der Waals surface area (Å²) in [4.78, 5) is 20.6. The van der Waals surface area contributed by atoms with Gasteiger partial charge in [0.25, 0.3) is 5.91 Å². The van der Waals surface area contributed by atoms with Crippen LogP contribution in [0, 0.1) is 13.8 Å². The van der Waals surface area contributed by atoms with E-state index >= 15 is 0 Å². The molecule has 5 nitrogen and oxygen atoms in total. The summed E-state index contributed by atoms with van der Waals surface area (Å²) in [6.45, 7) is 4.53. The molecule has 0 aliphatic heterocycles. The molecule has 1 amide bonds. The molecule has 0 aliphatic carbocycles. The van der Waals surface area contributed by atoms with Crippen molar-refractivity contribution in [1.29, 1.82) is 0 Å².